The lowest BCUT2D eigenvalue weighted by molar-refractivity contribution is 0.977. The SMILES string of the molecule is CCc1ccc(-c2c3ccccc3c(-c3ccc4ccc(C5=CNCC=C5)cc4c3)c3ccccc23)cc1. The van der Waals surface area contributed by atoms with Crippen LogP contribution in [-0.4, -0.2) is 6.54 Å². The highest BCUT2D eigenvalue weighted by Crippen LogP contribution is 2.44. The molecule has 7 rings (SSSR count). The molecule has 0 unspecified atom stereocenters. The number of benzene rings is 6. The summed E-state index contributed by atoms with van der Waals surface area (Å²) in [5.74, 6) is 0. The molecule has 0 amide bonds. The normalized spacial score (nSPS) is 13.1. The van der Waals surface area contributed by atoms with E-state index < -0.39 is 0 Å². The van der Waals surface area contributed by atoms with Crippen molar-refractivity contribution in [3.8, 4) is 22.3 Å². The number of allylic oxidation sites excluding steroid dienone is 2. The zero-order valence-corrected chi connectivity index (χ0v) is 21.5. The summed E-state index contributed by atoms with van der Waals surface area (Å²) in [7, 11) is 0. The van der Waals surface area contributed by atoms with Crippen LogP contribution in [0.5, 0.6) is 0 Å². The molecule has 0 radical (unpaired) electrons. The van der Waals surface area contributed by atoms with Crippen LogP contribution < -0.4 is 5.32 Å². The van der Waals surface area contributed by atoms with Gasteiger partial charge >= 0.3 is 0 Å². The topological polar surface area (TPSA) is 12.0 Å². The number of dihydropyridines is 1. The summed E-state index contributed by atoms with van der Waals surface area (Å²) in [4.78, 5) is 0. The second-order valence-electron chi connectivity index (χ2n) is 10.1. The highest BCUT2D eigenvalue weighted by atomic mass is 14.8. The van der Waals surface area contributed by atoms with E-state index in [2.05, 4.69) is 140 Å². The summed E-state index contributed by atoms with van der Waals surface area (Å²) in [6.45, 7) is 3.10. The van der Waals surface area contributed by atoms with E-state index in [4.69, 9.17) is 0 Å². The van der Waals surface area contributed by atoms with Gasteiger partial charge in [0.2, 0.25) is 0 Å². The number of rotatable bonds is 4. The Bertz CT molecular complexity index is 1830. The molecular formula is C37H29N. The Morgan fingerprint density at radius 3 is 1.71 bits per heavy atom. The molecule has 0 aromatic heterocycles. The zero-order chi connectivity index (χ0) is 25.5. The lowest BCUT2D eigenvalue weighted by Gasteiger charge is -2.18. The van der Waals surface area contributed by atoms with Gasteiger partial charge in [0.25, 0.3) is 0 Å². The van der Waals surface area contributed by atoms with Crippen LogP contribution in [-0.2, 0) is 6.42 Å². The Labute approximate surface area is 223 Å². The fourth-order valence-electron chi connectivity index (χ4n) is 5.89. The monoisotopic (exact) mass is 487 g/mol. The predicted octanol–water partition coefficient (Wildman–Crippen LogP) is 9.54. The molecule has 0 aliphatic carbocycles. The van der Waals surface area contributed by atoms with Gasteiger partial charge in [0.1, 0.15) is 0 Å². The summed E-state index contributed by atoms with van der Waals surface area (Å²) in [6.07, 6.45) is 7.53. The summed E-state index contributed by atoms with van der Waals surface area (Å²) in [5.41, 5.74) is 8.96. The van der Waals surface area contributed by atoms with Crippen LogP contribution in [0.15, 0.2) is 128 Å². The Kier molecular flexibility index (Phi) is 5.56. The molecule has 0 fully saturated rings. The van der Waals surface area contributed by atoms with Crippen LogP contribution in [0.4, 0.5) is 0 Å². The van der Waals surface area contributed by atoms with Crippen LogP contribution in [0.2, 0.25) is 0 Å². The number of fused-ring (bicyclic) bond motifs is 3. The van der Waals surface area contributed by atoms with Crippen LogP contribution in [0.3, 0.4) is 0 Å². The summed E-state index contributed by atoms with van der Waals surface area (Å²) >= 11 is 0. The average Bonchev–Trinajstić information content (AvgIpc) is 3.00. The Hall–Kier alpha value is -4.62. The fraction of sp³-hybridized carbons (Fsp3) is 0.0811. The summed E-state index contributed by atoms with van der Waals surface area (Å²) in [5, 5.41) is 11.0. The van der Waals surface area contributed by atoms with Gasteiger partial charge in [-0.25, -0.2) is 0 Å². The minimum Gasteiger partial charge on any atom is -0.387 e. The van der Waals surface area contributed by atoms with Crippen molar-refractivity contribution in [2.24, 2.45) is 0 Å². The Morgan fingerprint density at radius 1 is 0.579 bits per heavy atom. The van der Waals surface area contributed by atoms with Crippen molar-refractivity contribution in [2.75, 3.05) is 6.54 Å². The molecular weight excluding hydrogens is 458 g/mol. The van der Waals surface area contributed by atoms with Crippen molar-refractivity contribution in [3.63, 3.8) is 0 Å². The highest BCUT2D eigenvalue weighted by Gasteiger charge is 2.16. The van der Waals surface area contributed by atoms with Gasteiger partial charge in [-0.2, -0.15) is 0 Å². The molecule has 1 nitrogen and oxygen atoms in total. The van der Waals surface area contributed by atoms with Gasteiger partial charge in [0, 0.05) is 12.7 Å². The van der Waals surface area contributed by atoms with E-state index in [0.29, 0.717) is 0 Å². The van der Waals surface area contributed by atoms with Gasteiger partial charge < -0.3 is 5.32 Å². The second kappa shape index (κ2) is 9.36. The minimum atomic E-state index is 0.889. The molecule has 1 aliphatic heterocycles. The maximum absolute atomic E-state index is 3.34. The van der Waals surface area contributed by atoms with Gasteiger partial charge in [-0.15, -0.1) is 0 Å². The van der Waals surface area contributed by atoms with E-state index in [9.17, 15) is 0 Å². The van der Waals surface area contributed by atoms with Crippen LogP contribution in [0.1, 0.15) is 18.1 Å². The number of nitrogens with one attached hydrogen (secondary N) is 1. The first-order valence-corrected chi connectivity index (χ1v) is 13.5. The van der Waals surface area contributed by atoms with Crippen molar-refractivity contribution in [1.29, 1.82) is 0 Å². The van der Waals surface area contributed by atoms with Crippen molar-refractivity contribution in [2.45, 2.75) is 13.3 Å². The van der Waals surface area contributed by atoms with Gasteiger partial charge in [0.15, 0.2) is 0 Å². The van der Waals surface area contributed by atoms with E-state index >= 15 is 0 Å². The van der Waals surface area contributed by atoms with Crippen LogP contribution in [0.25, 0.3) is 60.1 Å². The molecule has 1 heteroatoms. The van der Waals surface area contributed by atoms with Gasteiger partial charge in [-0.1, -0.05) is 116 Å². The maximum Gasteiger partial charge on any atom is 0.0328 e. The molecule has 0 spiro atoms. The largest absolute Gasteiger partial charge is 0.387 e. The molecule has 1 heterocycles. The number of hydrogen-bond donors (Lipinski definition) is 1. The molecule has 0 saturated heterocycles. The first-order chi connectivity index (χ1) is 18.8. The van der Waals surface area contributed by atoms with E-state index in [1.54, 1.807) is 0 Å². The van der Waals surface area contributed by atoms with E-state index in [-0.39, 0.29) is 0 Å². The second-order valence-corrected chi connectivity index (χ2v) is 10.1. The van der Waals surface area contributed by atoms with Crippen molar-refractivity contribution < 1.29 is 0 Å². The van der Waals surface area contributed by atoms with Crippen molar-refractivity contribution >= 4 is 37.9 Å². The molecule has 38 heavy (non-hydrogen) atoms. The minimum absolute atomic E-state index is 0.889. The first-order valence-electron chi connectivity index (χ1n) is 13.5. The van der Waals surface area contributed by atoms with Crippen molar-refractivity contribution in [1.82, 2.24) is 5.32 Å². The number of aryl methyl sites for hydroxylation is 1. The van der Waals surface area contributed by atoms with E-state index in [1.807, 2.05) is 0 Å². The molecule has 0 bridgehead atoms. The van der Waals surface area contributed by atoms with Gasteiger partial charge in [-0.3, -0.25) is 0 Å². The molecule has 6 aromatic carbocycles. The standard InChI is InChI=1S/C37H29N/c1-2-25-13-15-27(16-14-25)36-32-9-3-5-11-34(32)37(35-12-6-4-10-33(35)36)29-20-18-26-17-19-28(22-31(26)23-29)30-8-7-21-38-24-30/h3-20,22-24,38H,2,21H2,1H3. The summed E-state index contributed by atoms with van der Waals surface area (Å²) < 4.78 is 0. The van der Waals surface area contributed by atoms with Crippen LogP contribution >= 0.6 is 0 Å². The quantitative estimate of drug-likeness (QED) is 0.244. The van der Waals surface area contributed by atoms with Crippen molar-refractivity contribution in [3.05, 3.63) is 139 Å². The third kappa shape index (κ3) is 3.79. The third-order valence-electron chi connectivity index (χ3n) is 7.84. The average molecular weight is 488 g/mol. The molecule has 0 atom stereocenters. The van der Waals surface area contributed by atoms with Gasteiger partial charge in [-0.05, 0) is 89.8 Å². The smallest absolute Gasteiger partial charge is 0.0328 e. The molecule has 1 N–H and O–H groups in total. The molecule has 182 valence electrons. The molecule has 6 aromatic rings. The first kappa shape index (κ1) is 22.6. The zero-order valence-electron chi connectivity index (χ0n) is 21.5. The van der Waals surface area contributed by atoms with E-state index in [0.717, 1.165) is 13.0 Å². The Balaban J connectivity index is 1.49. The Morgan fingerprint density at radius 2 is 1.13 bits per heavy atom. The van der Waals surface area contributed by atoms with E-state index in [1.165, 1.54) is 71.3 Å². The summed E-state index contributed by atoms with van der Waals surface area (Å²) in [6, 6.07) is 40.6. The molecule has 1 aliphatic rings. The molecule has 0 saturated carbocycles. The lowest BCUT2D eigenvalue weighted by atomic mass is 9.85. The maximum atomic E-state index is 3.34. The number of hydrogen-bond acceptors (Lipinski definition) is 1. The fourth-order valence-corrected chi connectivity index (χ4v) is 5.89. The van der Waals surface area contributed by atoms with Crippen LogP contribution in [0, 0.1) is 0 Å². The van der Waals surface area contributed by atoms with Gasteiger partial charge in [0.05, 0.1) is 0 Å². The predicted molar refractivity (Wildman–Crippen MR) is 164 cm³/mol. The third-order valence-corrected chi connectivity index (χ3v) is 7.84. The lowest BCUT2D eigenvalue weighted by Crippen LogP contribution is -2.08. The highest BCUT2D eigenvalue weighted by molar-refractivity contribution is 6.21.